The van der Waals surface area contributed by atoms with Crippen molar-refractivity contribution in [3.8, 4) is 0 Å². The van der Waals surface area contributed by atoms with Crippen molar-refractivity contribution in [1.29, 1.82) is 0 Å². The topological polar surface area (TPSA) is 75.7 Å². The second-order valence-electron chi connectivity index (χ2n) is 7.17. The molecule has 0 atom stereocenters. The molecule has 1 saturated heterocycles. The monoisotopic (exact) mass is 438 g/mol. The van der Waals surface area contributed by atoms with Crippen molar-refractivity contribution >= 4 is 16.0 Å². The van der Waals surface area contributed by atoms with Gasteiger partial charge in [-0.05, 0) is 55.7 Å². The Kier molecular flexibility index (Phi) is 7.17. The zero-order valence-corrected chi connectivity index (χ0v) is 17.4. The molecule has 30 heavy (non-hydrogen) atoms. The second-order valence-corrected chi connectivity index (χ2v) is 8.88. The molecular formula is C21H24F2N2O4S. The Bertz CT molecular complexity index is 1010. The summed E-state index contributed by atoms with van der Waals surface area (Å²) in [7, 11) is -3.79. The number of halogens is 2. The first kappa shape index (κ1) is 22.3. The lowest BCUT2D eigenvalue weighted by Gasteiger charge is -2.32. The standard InChI is InChI=1S/C21H24F2N2O4S/c1-2-29-21(26)16-4-3-5-18(13-16)30(27,28)24-17-8-10-25(11-9-17)14-15-6-7-19(22)20(23)12-15/h3-7,12-13,17,24H,2,8-11,14H2,1H3. The van der Waals surface area contributed by atoms with Gasteiger partial charge in [-0.2, -0.15) is 0 Å². The molecule has 0 bridgehead atoms. The van der Waals surface area contributed by atoms with Crippen molar-refractivity contribution in [2.75, 3.05) is 19.7 Å². The Balaban J connectivity index is 1.58. The van der Waals surface area contributed by atoms with Crippen LogP contribution in [0.15, 0.2) is 47.4 Å². The molecule has 1 heterocycles. The molecule has 2 aromatic carbocycles. The van der Waals surface area contributed by atoms with E-state index in [1.165, 1.54) is 30.3 Å². The fourth-order valence-electron chi connectivity index (χ4n) is 3.40. The maximum absolute atomic E-state index is 13.4. The number of hydrogen-bond acceptors (Lipinski definition) is 5. The number of likely N-dealkylation sites (tertiary alicyclic amines) is 1. The molecule has 1 aliphatic rings. The molecule has 3 rings (SSSR count). The molecule has 6 nitrogen and oxygen atoms in total. The van der Waals surface area contributed by atoms with Crippen molar-refractivity contribution in [3.05, 3.63) is 65.2 Å². The third-order valence-electron chi connectivity index (χ3n) is 4.96. The van der Waals surface area contributed by atoms with Crippen molar-refractivity contribution < 1.29 is 26.7 Å². The zero-order chi connectivity index (χ0) is 21.7. The minimum absolute atomic E-state index is 0.0114. The van der Waals surface area contributed by atoms with Gasteiger partial charge in [-0.15, -0.1) is 0 Å². The van der Waals surface area contributed by atoms with Crippen LogP contribution in [0.2, 0.25) is 0 Å². The van der Waals surface area contributed by atoms with Crippen molar-refractivity contribution in [2.24, 2.45) is 0 Å². The van der Waals surface area contributed by atoms with Crippen LogP contribution < -0.4 is 4.72 Å². The maximum Gasteiger partial charge on any atom is 0.338 e. The highest BCUT2D eigenvalue weighted by atomic mass is 32.2. The largest absolute Gasteiger partial charge is 0.462 e. The summed E-state index contributed by atoms with van der Waals surface area (Å²) in [4.78, 5) is 13.9. The van der Waals surface area contributed by atoms with Gasteiger partial charge in [0.05, 0.1) is 17.1 Å². The Morgan fingerprint density at radius 2 is 1.87 bits per heavy atom. The summed E-state index contributed by atoms with van der Waals surface area (Å²) in [6.45, 7) is 3.60. The summed E-state index contributed by atoms with van der Waals surface area (Å²) in [6.07, 6.45) is 1.17. The van der Waals surface area contributed by atoms with Crippen LogP contribution in [0.1, 0.15) is 35.7 Å². The third-order valence-corrected chi connectivity index (χ3v) is 6.47. The van der Waals surface area contributed by atoms with Gasteiger partial charge in [0, 0.05) is 25.7 Å². The highest BCUT2D eigenvalue weighted by molar-refractivity contribution is 7.89. The van der Waals surface area contributed by atoms with Gasteiger partial charge < -0.3 is 4.74 Å². The maximum atomic E-state index is 13.4. The SMILES string of the molecule is CCOC(=O)c1cccc(S(=O)(=O)NC2CCN(Cc3ccc(F)c(F)c3)CC2)c1. The molecule has 0 amide bonds. The molecule has 0 aromatic heterocycles. The quantitative estimate of drug-likeness (QED) is 0.673. The van der Waals surface area contributed by atoms with E-state index in [1.54, 1.807) is 13.0 Å². The number of ether oxygens (including phenoxy) is 1. The molecule has 0 saturated carbocycles. The van der Waals surface area contributed by atoms with Crippen LogP contribution in [-0.2, 0) is 21.3 Å². The van der Waals surface area contributed by atoms with Gasteiger partial charge in [0.2, 0.25) is 10.0 Å². The van der Waals surface area contributed by atoms with Gasteiger partial charge in [-0.1, -0.05) is 12.1 Å². The molecule has 1 N–H and O–H groups in total. The minimum atomic E-state index is -3.79. The molecule has 2 aromatic rings. The van der Waals surface area contributed by atoms with Gasteiger partial charge in [0.15, 0.2) is 11.6 Å². The van der Waals surface area contributed by atoms with E-state index >= 15 is 0 Å². The summed E-state index contributed by atoms with van der Waals surface area (Å²) >= 11 is 0. The molecule has 0 aliphatic carbocycles. The summed E-state index contributed by atoms with van der Waals surface area (Å²) in [5.41, 5.74) is 0.852. The smallest absolute Gasteiger partial charge is 0.338 e. The molecule has 0 unspecified atom stereocenters. The van der Waals surface area contributed by atoms with Crippen LogP contribution in [-0.4, -0.2) is 45.0 Å². The average molecular weight is 438 g/mol. The summed E-state index contributed by atoms with van der Waals surface area (Å²) in [5, 5.41) is 0. The first-order chi connectivity index (χ1) is 14.3. The van der Waals surface area contributed by atoms with E-state index in [4.69, 9.17) is 4.74 Å². The summed E-state index contributed by atoms with van der Waals surface area (Å²) in [5.74, 6) is -2.32. The van der Waals surface area contributed by atoms with Crippen molar-refractivity contribution in [1.82, 2.24) is 9.62 Å². The lowest BCUT2D eigenvalue weighted by Crippen LogP contribution is -2.44. The van der Waals surface area contributed by atoms with Crippen molar-refractivity contribution in [2.45, 2.75) is 37.2 Å². The number of nitrogens with zero attached hydrogens (tertiary/aromatic N) is 1. The van der Waals surface area contributed by atoms with E-state index in [0.717, 1.165) is 6.07 Å². The zero-order valence-electron chi connectivity index (χ0n) is 16.6. The highest BCUT2D eigenvalue weighted by Gasteiger charge is 2.25. The second kappa shape index (κ2) is 9.63. The normalized spacial score (nSPS) is 15.8. The number of benzene rings is 2. The van der Waals surface area contributed by atoms with Crippen LogP contribution in [0.25, 0.3) is 0 Å². The molecular weight excluding hydrogens is 414 g/mol. The van der Waals surface area contributed by atoms with Gasteiger partial charge in [0.25, 0.3) is 0 Å². The lowest BCUT2D eigenvalue weighted by atomic mass is 10.1. The van der Waals surface area contributed by atoms with Crippen LogP contribution in [0.5, 0.6) is 0 Å². The number of sulfonamides is 1. The Hall–Kier alpha value is -2.36. The summed E-state index contributed by atoms with van der Waals surface area (Å²) < 4.78 is 59.5. The first-order valence-corrected chi connectivity index (χ1v) is 11.2. The van der Waals surface area contributed by atoms with E-state index in [-0.39, 0.29) is 23.1 Å². The van der Waals surface area contributed by atoms with Gasteiger partial charge >= 0.3 is 5.97 Å². The molecule has 162 valence electrons. The predicted octanol–water partition coefficient (Wildman–Crippen LogP) is 3.08. The van der Waals surface area contributed by atoms with E-state index in [0.29, 0.717) is 38.0 Å². The number of rotatable bonds is 7. The number of carbonyl (C=O) groups is 1. The fraction of sp³-hybridized carbons (Fsp3) is 0.381. The van der Waals surface area contributed by atoms with Crippen LogP contribution in [0.3, 0.4) is 0 Å². The van der Waals surface area contributed by atoms with Crippen LogP contribution in [0.4, 0.5) is 8.78 Å². The highest BCUT2D eigenvalue weighted by Crippen LogP contribution is 2.19. The van der Waals surface area contributed by atoms with Crippen LogP contribution in [0, 0.1) is 11.6 Å². The average Bonchev–Trinajstić information content (AvgIpc) is 2.72. The number of carbonyl (C=O) groups excluding carboxylic acids is 1. The number of hydrogen-bond donors (Lipinski definition) is 1. The Morgan fingerprint density at radius 1 is 1.13 bits per heavy atom. The first-order valence-electron chi connectivity index (χ1n) is 9.74. The van der Waals surface area contributed by atoms with Gasteiger partial charge in [-0.25, -0.2) is 26.7 Å². The third kappa shape index (κ3) is 5.62. The Labute approximate surface area is 174 Å². The molecule has 0 spiro atoms. The number of esters is 1. The molecule has 1 fully saturated rings. The minimum Gasteiger partial charge on any atom is -0.462 e. The lowest BCUT2D eigenvalue weighted by molar-refractivity contribution is 0.0526. The van der Waals surface area contributed by atoms with Gasteiger partial charge in [0.1, 0.15) is 0 Å². The van der Waals surface area contributed by atoms with E-state index < -0.39 is 27.6 Å². The number of piperidine rings is 1. The predicted molar refractivity (Wildman–Crippen MR) is 107 cm³/mol. The van der Waals surface area contributed by atoms with Crippen molar-refractivity contribution in [3.63, 3.8) is 0 Å². The fourth-order valence-corrected chi connectivity index (χ4v) is 4.75. The molecule has 0 radical (unpaired) electrons. The molecule has 1 aliphatic heterocycles. The van der Waals surface area contributed by atoms with E-state index in [1.807, 2.05) is 0 Å². The van der Waals surface area contributed by atoms with E-state index in [9.17, 15) is 22.0 Å². The Morgan fingerprint density at radius 3 is 2.53 bits per heavy atom. The molecule has 9 heteroatoms. The van der Waals surface area contributed by atoms with E-state index in [2.05, 4.69) is 9.62 Å². The van der Waals surface area contributed by atoms with Crippen LogP contribution >= 0.6 is 0 Å². The van der Waals surface area contributed by atoms with Gasteiger partial charge in [-0.3, -0.25) is 4.90 Å². The number of nitrogens with one attached hydrogen (secondary N) is 1. The summed E-state index contributed by atoms with van der Waals surface area (Å²) in [6, 6.07) is 9.34.